The molecule has 0 radical (unpaired) electrons. The predicted octanol–water partition coefficient (Wildman–Crippen LogP) is 1.67. The molecule has 0 spiro atoms. The van der Waals surface area contributed by atoms with Gasteiger partial charge in [0.2, 0.25) is 5.88 Å². The van der Waals surface area contributed by atoms with Crippen LogP contribution in [0.1, 0.15) is 11.3 Å². The molecule has 0 bridgehead atoms. The minimum absolute atomic E-state index is 0. The number of allylic oxidation sites excluding steroid dienone is 1. The van der Waals surface area contributed by atoms with Crippen molar-refractivity contribution in [2.45, 2.75) is 6.92 Å². The van der Waals surface area contributed by atoms with Crippen LogP contribution in [-0.4, -0.2) is 20.5 Å². The summed E-state index contributed by atoms with van der Waals surface area (Å²) in [4.78, 5) is 15.1. The van der Waals surface area contributed by atoms with Crippen molar-refractivity contribution in [1.82, 2.24) is 10.5 Å². The Kier molecular flexibility index (Phi) is 3.87. The van der Waals surface area contributed by atoms with Crippen LogP contribution in [0.2, 0.25) is 0 Å². The van der Waals surface area contributed by atoms with Crippen LogP contribution in [0.3, 0.4) is 0 Å². The molecule has 0 saturated carbocycles. The summed E-state index contributed by atoms with van der Waals surface area (Å²) in [7, 11) is 0. The molecular weight excluding hydrogens is 326 g/mol. The Balaban J connectivity index is 0.00000182. The summed E-state index contributed by atoms with van der Waals surface area (Å²) in [6, 6.07) is 10.6. The molecule has 1 aromatic carbocycles. The van der Waals surface area contributed by atoms with Gasteiger partial charge in [0.15, 0.2) is 0 Å². The highest BCUT2D eigenvalue weighted by Gasteiger charge is 2.38. The van der Waals surface area contributed by atoms with Crippen LogP contribution in [0, 0.1) is 17.0 Å². The number of hydrogen-bond donors (Lipinski definition) is 2. The van der Waals surface area contributed by atoms with Gasteiger partial charge in [-0.15, -0.1) is 5.53 Å². The molecule has 4 N–H and O–H groups in total. The van der Waals surface area contributed by atoms with E-state index < -0.39 is 4.92 Å². The highest BCUT2D eigenvalue weighted by Crippen LogP contribution is 2.39. The van der Waals surface area contributed by atoms with Crippen molar-refractivity contribution in [1.29, 1.82) is 0 Å². The Labute approximate surface area is 142 Å². The topological polar surface area (TPSA) is 126 Å². The number of rotatable bonds is 2. The van der Waals surface area contributed by atoms with Crippen molar-refractivity contribution in [3.05, 3.63) is 81.6 Å². The van der Waals surface area contributed by atoms with Crippen LogP contribution in [0.5, 0.6) is 0 Å². The van der Waals surface area contributed by atoms with E-state index in [0.29, 0.717) is 22.6 Å². The van der Waals surface area contributed by atoms with E-state index >= 15 is 0 Å². The molecule has 0 fully saturated rings. The van der Waals surface area contributed by atoms with Gasteiger partial charge in [-0.2, -0.15) is 0 Å². The van der Waals surface area contributed by atoms with Gasteiger partial charge in [0.05, 0.1) is 28.1 Å². The van der Waals surface area contributed by atoms with Gasteiger partial charge in [-0.1, -0.05) is 12.1 Å². The second kappa shape index (κ2) is 5.89. The van der Waals surface area contributed by atoms with E-state index in [1.807, 2.05) is 13.0 Å². The molecule has 0 amide bonds. The molecule has 0 saturated heterocycles. The van der Waals surface area contributed by atoms with Crippen LogP contribution in [0.15, 0.2) is 60.3 Å². The molecule has 2 aliphatic rings. The summed E-state index contributed by atoms with van der Waals surface area (Å²) in [5.41, 5.74) is 5.82. The van der Waals surface area contributed by atoms with Crippen molar-refractivity contribution in [3.8, 4) is 0 Å². The Hall–Kier alpha value is -3.43. The van der Waals surface area contributed by atoms with E-state index in [1.54, 1.807) is 41.5 Å². The molecule has 0 aliphatic carbocycles. The van der Waals surface area contributed by atoms with E-state index in [9.17, 15) is 15.2 Å². The van der Waals surface area contributed by atoms with Gasteiger partial charge < -0.3 is 10.6 Å². The lowest BCUT2D eigenvalue weighted by Gasteiger charge is -2.26. The Morgan fingerprint density at radius 1 is 1.20 bits per heavy atom. The maximum Gasteiger partial charge on any atom is 0.281 e. The van der Waals surface area contributed by atoms with Crippen molar-refractivity contribution in [2.24, 2.45) is 0 Å². The second-order valence-corrected chi connectivity index (χ2v) is 5.44. The minimum Gasteiger partial charge on any atom is -0.492 e. The smallest absolute Gasteiger partial charge is 0.281 e. The summed E-state index contributed by atoms with van der Waals surface area (Å²) in [5.74, 6) is -0.130. The van der Waals surface area contributed by atoms with E-state index in [4.69, 9.17) is 0 Å². The zero-order valence-electron chi connectivity index (χ0n) is 13.2. The van der Waals surface area contributed by atoms with E-state index in [2.05, 4.69) is 10.5 Å². The Morgan fingerprint density at radius 2 is 1.96 bits per heavy atom. The average molecular weight is 341 g/mol. The number of aromatic nitrogens is 1. The average Bonchev–Trinajstić information content (AvgIpc) is 2.92. The van der Waals surface area contributed by atoms with Crippen LogP contribution < -0.4 is 15.6 Å². The zero-order chi connectivity index (χ0) is 16.8. The molecule has 1 aromatic heterocycles. The first kappa shape index (κ1) is 16.4. The molecule has 0 unspecified atom stereocenters. The molecule has 2 aliphatic heterocycles. The van der Waals surface area contributed by atoms with Crippen molar-refractivity contribution >= 4 is 17.1 Å². The number of anilines is 2. The summed E-state index contributed by atoms with van der Waals surface area (Å²) in [5, 5.41) is 24.9. The van der Waals surface area contributed by atoms with Crippen molar-refractivity contribution < 1.29 is 15.5 Å². The largest absolute Gasteiger partial charge is 0.492 e. The van der Waals surface area contributed by atoms with E-state index in [-0.39, 0.29) is 17.1 Å². The van der Waals surface area contributed by atoms with Crippen LogP contribution in [-0.2, 0) is 0 Å². The lowest BCUT2D eigenvalue weighted by molar-refractivity contribution is -0.375. The van der Waals surface area contributed by atoms with E-state index in [0.717, 1.165) is 5.69 Å². The molecule has 25 heavy (non-hydrogen) atoms. The number of hydrazine groups is 2. The second-order valence-electron chi connectivity index (χ2n) is 5.44. The van der Waals surface area contributed by atoms with Gasteiger partial charge >= 0.3 is 0 Å². The van der Waals surface area contributed by atoms with Crippen molar-refractivity contribution in [2.75, 3.05) is 10.0 Å². The lowest BCUT2D eigenvalue weighted by atomic mass is 10.0. The predicted molar refractivity (Wildman–Crippen MR) is 91.7 cm³/mol. The molecule has 2 aromatic rings. The van der Waals surface area contributed by atoms with Gasteiger partial charge in [0.1, 0.15) is 5.70 Å². The number of nitrogens with one attached hydrogen (secondary N) is 1. The van der Waals surface area contributed by atoms with E-state index in [1.165, 1.54) is 11.1 Å². The summed E-state index contributed by atoms with van der Waals surface area (Å²) in [6.07, 6.45) is 2.97. The van der Waals surface area contributed by atoms with Crippen LogP contribution in [0.4, 0.5) is 11.4 Å². The number of hydrogen-bond acceptors (Lipinski definition) is 7. The molecular formula is C16H15N5O4. The first-order chi connectivity index (χ1) is 11.6. The number of aryl methyl sites for hydroxylation is 1. The van der Waals surface area contributed by atoms with Gasteiger partial charge in [-0.05, 0) is 31.2 Å². The number of para-hydroxylation sites is 1. The molecule has 128 valence electrons. The number of nitro groups is 1. The Bertz CT molecular complexity index is 907. The molecule has 9 heteroatoms. The molecule has 9 nitrogen and oxygen atoms in total. The summed E-state index contributed by atoms with van der Waals surface area (Å²) >= 11 is 0. The number of aliphatic hydroxyl groups is 1. The van der Waals surface area contributed by atoms with Crippen LogP contribution >= 0.6 is 0 Å². The van der Waals surface area contributed by atoms with Gasteiger partial charge in [0, 0.05) is 11.8 Å². The first-order valence-corrected chi connectivity index (χ1v) is 7.24. The Morgan fingerprint density at radius 3 is 2.64 bits per heavy atom. The minimum atomic E-state index is -0.452. The lowest BCUT2D eigenvalue weighted by Crippen LogP contribution is -2.42. The maximum atomic E-state index is 11.4. The highest BCUT2D eigenvalue weighted by molar-refractivity contribution is 5.82. The maximum absolute atomic E-state index is 11.4. The summed E-state index contributed by atoms with van der Waals surface area (Å²) < 4.78 is 0. The van der Waals surface area contributed by atoms with Gasteiger partial charge in [-0.3, -0.25) is 20.1 Å². The third-order valence-electron chi connectivity index (χ3n) is 3.93. The monoisotopic (exact) mass is 341 g/mol. The standard InChI is InChI=1S/C16H13N5O3.H2O/c1-10-6-7-11(9-17-10)19-16(22)15-8-14(21(23)24)12-4-2-3-5-13(12)20(15)18-19;/h2-9,18,22H,1H3;1H2. The number of pyridine rings is 1. The van der Waals surface area contributed by atoms with Crippen LogP contribution in [0.25, 0.3) is 5.70 Å². The fraction of sp³-hybridized carbons (Fsp3) is 0.0625. The number of aliphatic hydroxyl groups excluding tert-OH is 1. The number of fused-ring (bicyclic) bond motifs is 3. The van der Waals surface area contributed by atoms with Gasteiger partial charge in [-0.25, -0.2) is 5.01 Å². The third kappa shape index (κ3) is 2.47. The normalized spacial score (nSPS) is 15.3. The first-order valence-electron chi connectivity index (χ1n) is 7.24. The highest BCUT2D eigenvalue weighted by atomic mass is 16.6. The number of benzene rings is 1. The van der Waals surface area contributed by atoms with Gasteiger partial charge in [0.25, 0.3) is 5.70 Å². The fourth-order valence-corrected chi connectivity index (χ4v) is 2.74. The number of nitrogens with zero attached hydrogens (tertiary/aromatic N) is 4. The summed E-state index contributed by atoms with van der Waals surface area (Å²) in [6.45, 7) is 1.87. The fourth-order valence-electron chi connectivity index (χ4n) is 2.74. The quantitative estimate of drug-likeness (QED) is 0.628. The SMILES string of the molecule is Cc1ccc(N2NN3C(=C2O)C=C([N+](=O)[O-])c2ccccc23)cn1.O. The molecule has 4 rings (SSSR count). The molecule has 0 atom stereocenters. The molecule has 3 heterocycles. The zero-order valence-corrected chi connectivity index (χ0v) is 13.2. The van der Waals surface area contributed by atoms with Crippen molar-refractivity contribution in [3.63, 3.8) is 0 Å². The third-order valence-corrected chi connectivity index (χ3v) is 3.93.